The number of ether oxygens (including phenoxy) is 2. The number of hydrogen-bond acceptors (Lipinski definition) is 5. The van der Waals surface area contributed by atoms with Gasteiger partial charge in [0, 0.05) is 5.56 Å². The molecule has 17 heavy (non-hydrogen) atoms. The van der Waals surface area contributed by atoms with Gasteiger partial charge in [-0.2, -0.15) is 0 Å². The van der Waals surface area contributed by atoms with Crippen LogP contribution in [-0.4, -0.2) is 25.2 Å². The summed E-state index contributed by atoms with van der Waals surface area (Å²) in [6.07, 6.45) is 0.801. The molecule has 6 nitrogen and oxygen atoms in total. The fourth-order valence-electron chi connectivity index (χ4n) is 1.36. The minimum absolute atomic E-state index is 0.554. The van der Waals surface area contributed by atoms with Crippen LogP contribution in [0.5, 0.6) is 11.5 Å². The third-order valence-electron chi connectivity index (χ3n) is 1.90. The number of methoxy groups -OCH3 is 1. The summed E-state index contributed by atoms with van der Waals surface area (Å²) in [4.78, 5) is 18.7. The minimum Gasteiger partial charge on any atom is -0.493 e. The van der Waals surface area contributed by atoms with E-state index in [9.17, 15) is 4.79 Å². The van der Waals surface area contributed by atoms with E-state index >= 15 is 0 Å². The summed E-state index contributed by atoms with van der Waals surface area (Å²) in [6, 6.07) is 3.46. The molecule has 94 valence electrons. The number of nitrogens with zero attached hydrogens (tertiary/aromatic N) is 1. The van der Waals surface area contributed by atoms with Crippen LogP contribution in [0.2, 0.25) is 0 Å². The van der Waals surface area contributed by atoms with Crippen molar-refractivity contribution in [3.05, 3.63) is 28.2 Å². The third-order valence-corrected chi connectivity index (χ3v) is 1.90. The van der Waals surface area contributed by atoms with E-state index in [0.717, 1.165) is 11.8 Å². The molecular weight excluding hydrogens is 226 g/mol. The molecule has 0 unspecified atom stereocenters. The van der Waals surface area contributed by atoms with Crippen LogP contribution in [-0.2, 0) is 0 Å². The van der Waals surface area contributed by atoms with Crippen molar-refractivity contribution in [2.75, 3.05) is 13.7 Å². The Morgan fingerprint density at radius 2 is 2.06 bits per heavy atom. The van der Waals surface area contributed by atoms with Gasteiger partial charge in [0.2, 0.25) is 0 Å². The topological polar surface area (TPSA) is 85.2 Å². The third kappa shape index (κ3) is 4.50. The number of benzene rings is 1. The zero-order chi connectivity index (χ0) is 13.3. The summed E-state index contributed by atoms with van der Waals surface area (Å²) in [7, 11) is 1.59. The van der Waals surface area contributed by atoms with Gasteiger partial charge in [0.05, 0.1) is 13.7 Å². The van der Waals surface area contributed by atoms with Crippen molar-refractivity contribution in [1.82, 2.24) is 0 Å². The van der Waals surface area contributed by atoms with Crippen molar-refractivity contribution >= 4 is 6.29 Å². The van der Waals surface area contributed by atoms with Crippen LogP contribution < -0.4 is 9.47 Å². The molecule has 1 aromatic carbocycles. The van der Waals surface area contributed by atoms with Crippen molar-refractivity contribution in [2.45, 2.75) is 13.8 Å². The maximum Gasteiger partial charge on any atom is 0.163 e. The number of carbonyl (C=O) groups is 1. The van der Waals surface area contributed by atoms with Gasteiger partial charge in [-0.3, -0.25) is 4.79 Å². The van der Waals surface area contributed by atoms with Crippen molar-refractivity contribution in [1.29, 1.82) is 0 Å². The van der Waals surface area contributed by atoms with Gasteiger partial charge in [-0.05, 0) is 31.5 Å². The number of aryl methyl sites for hydroxylation is 1. The lowest BCUT2D eigenvalue weighted by molar-refractivity contribution is 0.112. The van der Waals surface area contributed by atoms with E-state index in [4.69, 9.17) is 19.6 Å². The van der Waals surface area contributed by atoms with Crippen LogP contribution in [0, 0.1) is 11.8 Å². The Hall–Kier alpha value is -2.11. The van der Waals surface area contributed by atoms with E-state index in [2.05, 4.69) is 0 Å². The average Bonchev–Trinajstić information content (AvgIpc) is 2.30. The number of hydrogen-bond donors (Lipinski definition) is 1. The van der Waals surface area contributed by atoms with Crippen molar-refractivity contribution < 1.29 is 19.5 Å². The largest absolute Gasteiger partial charge is 0.493 e. The fraction of sp³-hybridized carbons (Fsp3) is 0.364. The van der Waals surface area contributed by atoms with Crippen molar-refractivity contribution in [3.63, 3.8) is 0 Å². The van der Waals surface area contributed by atoms with Crippen LogP contribution in [0.25, 0.3) is 0 Å². The average molecular weight is 241 g/mol. The van der Waals surface area contributed by atoms with Gasteiger partial charge in [-0.1, -0.05) is 0 Å². The Morgan fingerprint density at radius 1 is 1.47 bits per heavy atom. The van der Waals surface area contributed by atoms with Gasteiger partial charge in [0.15, 0.2) is 16.8 Å². The Labute approximate surface area is 99.1 Å². The molecule has 0 aliphatic heterocycles. The van der Waals surface area contributed by atoms with Gasteiger partial charge < -0.3 is 14.7 Å². The predicted molar refractivity (Wildman–Crippen MR) is 61.9 cm³/mol. The molecule has 0 bridgehead atoms. The van der Waals surface area contributed by atoms with E-state index in [1.807, 2.05) is 13.8 Å². The molecule has 1 rings (SSSR count). The summed E-state index contributed by atoms with van der Waals surface area (Å²) in [6.45, 7) is 4.33. The Bertz CT molecular complexity index is 378. The minimum atomic E-state index is 0.554. The number of rotatable bonds is 4. The van der Waals surface area contributed by atoms with Gasteiger partial charge in [0.25, 0.3) is 0 Å². The fourth-order valence-corrected chi connectivity index (χ4v) is 1.36. The van der Waals surface area contributed by atoms with Crippen LogP contribution in [0.15, 0.2) is 17.5 Å². The molecular formula is C11H15NO5. The molecule has 0 aliphatic rings. The second-order valence-electron chi connectivity index (χ2n) is 3.00. The van der Waals surface area contributed by atoms with Gasteiger partial charge in [-0.15, -0.1) is 4.91 Å². The molecule has 0 heterocycles. The van der Waals surface area contributed by atoms with Crippen molar-refractivity contribution in [2.24, 2.45) is 5.34 Å². The monoisotopic (exact) mass is 241 g/mol. The first-order valence-corrected chi connectivity index (χ1v) is 4.87. The lowest BCUT2D eigenvalue weighted by atomic mass is 10.1. The molecule has 0 spiro atoms. The predicted octanol–water partition coefficient (Wildman–Crippen LogP) is 2.36. The highest BCUT2D eigenvalue weighted by molar-refractivity contribution is 5.77. The first-order chi connectivity index (χ1) is 8.14. The molecule has 0 aliphatic carbocycles. The van der Waals surface area contributed by atoms with Crippen molar-refractivity contribution in [3.8, 4) is 11.5 Å². The number of aldehydes is 1. The van der Waals surface area contributed by atoms with Gasteiger partial charge in [0.1, 0.15) is 6.29 Å². The lowest BCUT2D eigenvalue weighted by Crippen LogP contribution is -1.98. The van der Waals surface area contributed by atoms with E-state index < -0.39 is 0 Å². The Kier molecular flexibility index (Phi) is 7.09. The molecule has 0 saturated heterocycles. The molecule has 0 fully saturated rings. The summed E-state index contributed by atoms with van der Waals surface area (Å²) in [5.74, 6) is 1.31. The highest BCUT2D eigenvalue weighted by Gasteiger charge is 2.08. The summed E-state index contributed by atoms with van der Waals surface area (Å²) >= 11 is 0. The van der Waals surface area contributed by atoms with E-state index in [1.165, 1.54) is 5.34 Å². The molecule has 0 saturated carbocycles. The molecule has 1 N–H and O–H groups in total. The highest BCUT2D eigenvalue weighted by Crippen LogP contribution is 2.31. The molecule has 0 aromatic heterocycles. The van der Waals surface area contributed by atoms with E-state index in [0.29, 0.717) is 23.7 Å². The first kappa shape index (κ1) is 14.9. The standard InChI is InChI=1S/C11H14O3.HNO2/c1-4-14-10-6-9(7-12)5-8(2)11(10)13-3;2-1-3/h5-7H,4H2,1-3H3;(H,2,3). The summed E-state index contributed by atoms with van der Waals surface area (Å²) in [5.41, 5.74) is 1.51. The Morgan fingerprint density at radius 3 is 2.47 bits per heavy atom. The molecule has 1 aromatic rings. The SMILES string of the molecule is CCOc1cc(C=O)cc(C)c1OC.O=NO. The van der Waals surface area contributed by atoms with Gasteiger partial charge in [-0.25, -0.2) is 0 Å². The smallest absolute Gasteiger partial charge is 0.163 e. The van der Waals surface area contributed by atoms with Crippen LogP contribution in [0.1, 0.15) is 22.8 Å². The molecule has 6 heteroatoms. The lowest BCUT2D eigenvalue weighted by Gasteiger charge is -2.12. The Balaban J connectivity index is 0.000000770. The molecule has 0 radical (unpaired) electrons. The maximum atomic E-state index is 10.6. The quantitative estimate of drug-likeness (QED) is 0.497. The van der Waals surface area contributed by atoms with Crippen LogP contribution in [0.4, 0.5) is 0 Å². The van der Waals surface area contributed by atoms with Crippen LogP contribution >= 0.6 is 0 Å². The normalized spacial score (nSPS) is 8.65. The second-order valence-corrected chi connectivity index (χ2v) is 3.00. The first-order valence-electron chi connectivity index (χ1n) is 4.87. The zero-order valence-corrected chi connectivity index (χ0v) is 9.97. The van der Waals surface area contributed by atoms with Gasteiger partial charge >= 0.3 is 0 Å². The molecule has 0 atom stereocenters. The maximum absolute atomic E-state index is 10.6. The zero-order valence-electron chi connectivity index (χ0n) is 9.97. The highest BCUT2D eigenvalue weighted by atomic mass is 16.6. The molecule has 0 amide bonds. The van der Waals surface area contributed by atoms with E-state index in [1.54, 1.807) is 19.2 Å². The summed E-state index contributed by atoms with van der Waals surface area (Å²) < 4.78 is 10.6. The van der Waals surface area contributed by atoms with E-state index in [-0.39, 0.29) is 0 Å². The second kappa shape index (κ2) is 8.09. The van der Waals surface area contributed by atoms with Crippen LogP contribution in [0.3, 0.4) is 0 Å². The summed E-state index contributed by atoms with van der Waals surface area (Å²) in [5, 5.41) is 7.89. The number of carbonyl (C=O) groups excluding carboxylic acids is 1.